The molecule has 2 fully saturated rings. The van der Waals surface area contributed by atoms with Gasteiger partial charge in [-0.2, -0.15) is 11.8 Å². The Morgan fingerprint density at radius 2 is 1.35 bits per heavy atom. The number of ketones is 1. The van der Waals surface area contributed by atoms with Crippen LogP contribution in [0.5, 0.6) is 0 Å². The second-order valence-corrected chi connectivity index (χ2v) is 13.4. The largest absolute Gasteiger partial charge is 0.353 e. The van der Waals surface area contributed by atoms with Crippen LogP contribution in [0.2, 0.25) is 0 Å². The van der Waals surface area contributed by atoms with Crippen LogP contribution in [0.25, 0.3) is 0 Å². The van der Waals surface area contributed by atoms with E-state index in [1.807, 2.05) is 0 Å². The maximum atomic E-state index is 12.8. The van der Waals surface area contributed by atoms with Gasteiger partial charge in [0.25, 0.3) is 0 Å². The molecule has 0 spiro atoms. The topological polar surface area (TPSA) is 46.2 Å². The maximum absolute atomic E-state index is 12.8. The highest BCUT2D eigenvalue weighted by molar-refractivity contribution is 7.99. The lowest BCUT2D eigenvalue weighted by Gasteiger charge is -2.35. The van der Waals surface area contributed by atoms with E-state index < -0.39 is 0 Å². The van der Waals surface area contributed by atoms with E-state index >= 15 is 0 Å². The Hall–Kier alpha value is -0.510. The first-order valence-corrected chi connectivity index (χ1v) is 14.0. The second-order valence-electron chi connectivity index (χ2n) is 12.1. The monoisotopic (exact) mass is 451 g/mol. The van der Waals surface area contributed by atoms with Crippen LogP contribution in [-0.4, -0.2) is 28.7 Å². The van der Waals surface area contributed by atoms with Crippen LogP contribution in [-0.2, 0) is 9.59 Å². The van der Waals surface area contributed by atoms with Crippen molar-refractivity contribution in [2.45, 2.75) is 136 Å². The van der Waals surface area contributed by atoms with Gasteiger partial charge in [0.15, 0.2) is 0 Å². The van der Waals surface area contributed by atoms with E-state index in [0.717, 1.165) is 30.3 Å². The van der Waals surface area contributed by atoms with Crippen molar-refractivity contribution in [3.63, 3.8) is 0 Å². The predicted octanol–water partition coefficient (Wildman–Crippen LogP) is 7.32. The van der Waals surface area contributed by atoms with Gasteiger partial charge in [-0.1, -0.05) is 72.6 Å². The number of rotatable bonds is 11. The van der Waals surface area contributed by atoms with Gasteiger partial charge in [0.1, 0.15) is 5.78 Å². The Bertz CT molecular complexity index is 558. The normalized spacial score (nSPS) is 20.8. The Kier molecular flexibility index (Phi) is 10.9. The van der Waals surface area contributed by atoms with Crippen molar-refractivity contribution < 1.29 is 9.59 Å². The lowest BCUT2D eigenvalue weighted by molar-refractivity contribution is -0.125. The number of hydrogen-bond donors (Lipinski definition) is 1. The lowest BCUT2D eigenvalue weighted by atomic mass is 9.70. The summed E-state index contributed by atoms with van der Waals surface area (Å²) in [5.74, 6) is 1.91. The van der Waals surface area contributed by atoms with Crippen molar-refractivity contribution in [1.29, 1.82) is 0 Å². The van der Waals surface area contributed by atoms with Gasteiger partial charge >= 0.3 is 0 Å². The Balaban J connectivity index is 1.72. The molecule has 0 radical (unpaired) electrons. The van der Waals surface area contributed by atoms with Gasteiger partial charge in [-0.3, -0.25) is 9.59 Å². The van der Waals surface area contributed by atoms with Crippen LogP contribution >= 0.6 is 11.8 Å². The predicted molar refractivity (Wildman–Crippen MR) is 135 cm³/mol. The molecule has 2 rings (SSSR count). The fourth-order valence-corrected chi connectivity index (χ4v) is 7.26. The summed E-state index contributed by atoms with van der Waals surface area (Å²) in [6.07, 6.45) is 16.3. The van der Waals surface area contributed by atoms with E-state index in [-0.39, 0.29) is 22.8 Å². The molecule has 2 aliphatic rings. The molecule has 1 atom stereocenters. The van der Waals surface area contributed by atoms with Crippen molar-refractivity contribution >= 4 is 23.5 Å². The SMILES string of the molecule is CC(CSC1CCCCCCC1)NC(=O)CC(C)(C)CC(C)(C)CC(=O)C1CCCC1. The summed E-state index contributed by atoms with van der Waals surface area (Å²) in [7, 11) is 0. The third kappa shape index (κ3) is 10.8. The highest BCUT2D eigenvalue weighted by atomic mass is 32.2. The number of thioether (sulfide) groups is 1. The standard InChI is InChI=1S/C27H49NO2S/c1-21(19-31-23-15-9-7-6-8-10-16-23)28-25(30)18-27(4,5)20-26(2,3)17-24(29)22-13-11-12-14-22/h21-23H,6-20H2,1-5H3,(H,28,30). The minimum absolute atomic E-state index is 0.0525. The van der Waals surface area contributed by atoms with Crippen LogP contribution in [0.3, 0.4) is 0 Å². The molecule has 1 N–H and O–H groups in total. The van der Waals surface area contributed by atoms with Crippen molar-refractivity contribution in [3.8, 4) is 0 Å². The van der Waals surface area contributed by atoms with Gasteiger partial charge in [-0.25, -0.2) is 0 Å². The fourth-order valence-electron chi connectivity index (χ4n) is 5.95. The van der Waals surface area contributed by atoms with Crippen molar-refractivity contribution in [1.82, 2.24) is 5.32 Å². The number of amides is 1. The molecule has 0 aliphatic heterocycles. The Morgan fingerprint density at radius 3 is 1.97 bits per heavy atom. The molecule has 4 heteroatoms. The molecule has 31 heavy (non-hydrogen) atoms. The molecule has 0 aromatic rings. The summed E-state index contributed by atoms with van der Waals surface area (Å²) in [5.41, 5.74) is -0.154. The minimum atomic E-state index is -0.101. The maximum Gasteiger partial charge on any atom is 0.220 e. The molecule has 1 amide bonds. The molecule has 0 aromatic carbocycles. The lowest BCUT2D eigenvalue weighted by Crippen LogP contribution is -2.38. The zero-order valence-corrected chi connectivity index (χ0v) is 21.9. The van der Waals surface area contributed by atoms with Gasteiger partial charge < -0.3 is 5.32 Å². The molecule has 0 aromatic heterocycles. The highest BCUT2D eigenvalue weighted by Crippen LogP contribution is 2.40. The summed E-state index contributed by atoms with van der Waals surface area (Å²) in [6, 6.07) is 0.218. The van der Waals surface area contributed by atoms with Gasteiger partial charge in [0.05, 0.1) is 0 Å². The Labute approximate surface area is 196 Å². The van der Waals surface area contributed by atoms with Crippen LogP contribution < -0.4 is 5.32 Å². The molecule has 2 aliphatic carbocycles. The van der Waals surface area contributed by atoms with E-state index in [1.165, 1.54) is 57.8 Å². The van der Waals surface area contributed by atoms with E-state index in [9.17, 15) is 9.59 Å². The van der Waals surface area contributed by atoms with Crippen molar-refractivity contribution in [2.24, 2.45) is 16.7 Å². The molecule has 180 valence electrons. The first kappa shape index (κ1) is 26.7. The van der Waals surface area contributed by atoms with Gasteiger partial charge in [-0.15, -0.1) is 0 Å². The van der Waals surface area contributed by atoms with Crippen molar-refractivity contribution in [2.75, 3.05) is 5.75 Å². The first-order chi connectivity index (χ1) is 14.6. The van der Waals surface area contributed by atoms with Gasteiger partial charge in [-0.05, 0) is 49.9 Å². The summed E-state index contributed by atoms with van der Waals surface area (Å²) in [4.78, 5) is 25.4. The van der Waals surface area contributed by atoms with Crippen LogP contribution in [0.1, 0.15) is 125 Å². The summed E-state index contributed by atoms with van der Waals surface area (Å²) in [6.45, 7) is 10.9. The summed E-state index contributed by atoms with van der Waals surface area (Å²) >= 11 is 2.06. The number of hydrogen-bond acceptors (Lipinski definition) is 3. The summed E-state index contributed by atoms with van der Waals surface area (Å²) in [5, 5.41) is 4.02. The van der Waals surface area contributed by atoms with E-state index in [4.69, 9.17) is 0 Å². The second kappa shape index (κ2) is 12.7. The number of carbonyl (C=O) groups excluding carboxylic acids is 2. The smallest absolute Gasteiger partial charge is 0.220 e. The molecular weight excluding hydrogens is 402 g/mol. The quantitative estimate of drug-likeness (QED) is 0.358. The van der Waals surface area contributed by atoms with Crippen LogP contribution in [0.15, 0.2) is 0 Å². The molecule has 0 heterocycles. The van der Waals surface area contributed by atoms with Gasteiger partial charge in [0, 0.05) is 35.8 Å². The molecular formula is C27H49NO2S. The molecule has 3 nitrogen and oxygen atoms in total. The number of nitrogens with one attached hydrogen (secondary N) is 1. The number of Topliss-reactive ketones (excluding diaryl/α,β-unsaturated/α-hetero) is 1. The van der Waals surface area contributed by atoms with E-state index in [0.29, 0.717) is 24.5 Å². The molecule has 2 saturated carbocycles. The van der Waals surface area contributed by atoms with E-state index in [1.54, 1.807) is 0 Å². The van der Waals surface area contributed by atoms with E-state index in [2.05, 4.69) is 51.7 Å². The average Bonchev–Trinajstić information content (AvgIpc) is 3.13. The molecule has 1 unspecified atom stereocenters. The third-order valence-electron chi connectivity index (χ3n) is 7.10. The zero-order chi connectivity index (χ0) is 22.9. The molecule has 0 saturated heterocycles. The third-order valence-corrected chi connectivity index (χ3v) is 8.74. The van der Waals surface area contributed by atoms with Crippen molar-refractivity contribution in [3.05, 3.63) is 0 Å². The average molecular weight is 452 g/mol. The first-order valence-electron chi connectivity index (χ1n) is 13.0. The summed E-state index contributed by atoms with van der Waals surface area (Å²) < 4.78 is 0. The van der Waals surface area contributed by atoms with Gasteiger partial charge in [0.2, 0.25) is 5.91 Å². The van der Waals surface area contributed by atoms with Crippen LogP contribution in [0, 0.1) is 16.7 Å². The van der Waals surface area contributed by atoms with Crippen LogP contribution in [0.4, 0.5) is 0 Å². The molecule has 0 bridgehead atoms. The zero-order valence-electron chi connectivity index (χ0n) is 21.1. The fraction of sp³-hybridized carbons (Fsp3) is 0.926. The number of carbonyl (C=O) groups is 2. The minimum Gasteiger partial charge on any atom is -0.353 e. The highest BCUT2D eigenvalue weighted by Gasteiger charge is 2.34. The Morgan fingerprint density at radius 1 is 0.839 bits per heavy atom.